The summed E-state index contributed by atoms with van der Waals surface area (Å²) in [4.78, 5) is 20.2. The Kier molecular flexibility index (Phi) is 16.9. The summed E-state index contributed by atoms with van der Waals surface area (Å²) >= 11 is 0. The first-order valence-electron chi connectivity index (χ1n) is 6.97. The van der Waals surface area contributed by atoms with Gasteiger partial charge in [-0.2, -0.15) is 0 Å². The van der Waals surface area contributed by atoms with Gasteiger partial charge in [0.15, 0.2) is 0 Å². The van der Waals surface area contributed by atoms with Crippen molar-refractivity contribution in [3.8, 4) is 0 Å². The molecular formula is C15H30O2. The number of ketones is 1. The highest BCUT2D eigenvalue weighted by Crippen LogP contribution is 2.03. The van der Waals surface area contributed by atoms with E-state index in [4.69, 9.17) is 0 Å². The van der Waals surface area contributed by atoms with Crippen molar-refractivity contribution in [1.82, 2.24) is 0 Å². The van der Waals surface area contributed by atoms with Crippen LogP contribution in [0, 0.1) is 5.92 Å². The molecule has 0 radical (unpaired) electrons. The monoisotopic (exact) mass is 242 g/mol. The van der Waals surface area contributed by atoms with Crippen molar-refractivity contribution in [2.75, 3.05) is 0 Å². The molecular weight excluding hydrogens is 212 g/mol. The van der Waals surface area contributed by atoms with Crippen molar-refractivity contribution in [3.63, 3.8) is 0 Å². The van der Waals surface area contributed by atoms with Gasteiger partial charge >= 0.3 is 0 Å². The van der Waals surface area contributed by atoms with Gasteiger partial charge in [-0.05, 0) is 25.7 Å². The van der Waals surface area contributed by atoms with Crippen molar-refractivity contribution in [2.24, 2.45) is 5.92 Å². The standard InChI is InChI=1S/C8H16O.C7H14O/c1-2-3-4-5-6-7-8-9;1-6(2)4-5-7(3)8/h8H,2-7H2,1H3;6H,4-5H2,1-3H3. The van der Waals surface area contributed by atoms with Gasteiger partial charge in [0.2, 0.25) is 0 Å². The summed E-state index contributed by atoms with van der Waals surface area (Å²) in [5.74, 6) is 0.970. The molecule has 0 aromatic carbocycles. The van der Waals surface area contributed by atoms with Crippen LogP contribution in [0.15, 0.2) is 0 Å². The van der Waals surface area contributed by atoms with Crippen LogP contribution in [0.25, 0.3) is 0 Å². The number of aldehydes is 1. The van der Waals surface area contributed by atoms with Crippen LogP contribution < -0.4 is 0 Å². The SMILES string of the molecule is CC(=O)CCC(C)C.CCCCCCCC=O. The van der Waals surface area contributed by atoms with Crippen molar-refractivity contribution in [1.29, 1.82) is 0 Å². The Bertz CT molecular complexity index is 174. The molecule has 0 unspecified atom stereocenters. The second kappa shape index (κ2) is 15.3. The van der Waals surface area contributed by atoms with Gasteiger partial charge in [-0.15, -0.1) is 0 Å². The lowest BCUT2D eigenvalue weighted by molar-refractivity contribution is -0.117. The van der Waals surface area contributed by atoms with Gasteiger partial charge in [0, 0.05) is 12.8 Å². The van der Waals surface area contributed by atoms with E-state index in [1.165, 1.54) is 25.7 Å². The largest absolute Gasteiger partial charge is 0.303 e. The quantitative estimate of drug-likeness (QED) is 0.439. The zero-order valence-electron chi connectivity index (χ0n) is 12.1. The van der Waals surface area contributed by atoms with E-state index in [9.17, 15) is 9.59 Å². The summed E-state index contributed by atoms with van der Waals surface area (Å²) in [5.41, 5.74) is 0. The Morgan fingerprint density at radius 2 is 1.71 bits per heavy atom. The van der Waals surface area contributed by atoms with Crippen LogP contribution in [-0.4, -0.2) is 12.1 Å². The van der Waals surface area contributed by atoms with E-state index in [0.29, 0.717) is 11.7 Å². The van der Waals surface area contributed by atoms with Gasteiger partial charge in [-0.25, -0.2) is 0 Å². The number of hydrogen-bond acceptors (Lipinski definition) is 2. The topological polar surface area (TPSA) is 34.1 Å². The van der Waals surface area contributed by atoms with Crippen LogP contribution in [0.3, 0.4) is 0 Å². The zero-order chi connectivity index (χ0) is 13.5. The number of rotatable bonds is 9. The molecule has 0 amide bonds. The molecule has 0 atom stereocenters. The van der Waals surface area contributed by atoms with Gasteiger partial charge in [0.05, 0.1) is 0 Å². The van der Waals surface area contributed by atoms with Gasteiger partial charge in [-0.3, -0.25) is 0 Å². The van der Waals surface area contributed by atoms with Crippen molar-refractivity contribution in [2.45, 2.75) is 79.1 Å². The van der Waals surface area contributed by atoms with Crippen LogP contribution in [0.4, 0.5) is 0 Å². The number of carbonyl (C=O) groups is 2. The fourth-order valence-electron chi connectivity index (χ4n) is 1.32. The highest BCUT2D eigenvalue weighted by molar-refractivity contribution is 5.75. The van der Waals surface area contributed by atoms with Gasteiger partial charge in [0.1, 0.15) is 12.1 Å². The van der Waals surface area contributed by atoms with Crippen LogP contribution in [-0.2, 0) is 9.59 Å². The molecule has 0 spiro atoms. The summed E-state index contributed by atoms with van der Waals surface area (Å²) in [7, 11) is 0. The lowest BCUT2D eigenvalue weighted by atomic mass is 10.1. The summed E-state index contributed by atoms with van der Waals surface area (Å²) in [5, 5.41) is 0. The van der Waals surface area contributed by atoms with E-state index in [-0.39, 0.29) is 0 Å². The zero-order valence-corrected chi connectivity index (χ0v) is 12.1. The Balaban J connectivity index is 0. The lowest BCUT2D eigenvalue weighted by Crippen LogP contribution is -1.93. The van der Waals surface area contributed by atoms with Crippen molar-refractivity contribution >= 4 is 12.1 Å². The van der Waals surface area contributed by atoms with E-state index in [0.717, 1.165) is 32.0 Å². The van der Waals surface area contributed by atoms with E-state index >= 15 is 0 Å². The highest BCUT2D eigenvalue weighted by Gasteiger charge is 1.95. The molecule has 102 valence electrons. The summed E-state index contributed by atoms with van der Waals surface area (Å²) < 4.78 is 0. The molecule has 0 aliphatic heterocycles. The smallest absolute Gasteiger partial charge is 0.129 e. The fourth-order valence-corrected chi connectivity index (χ4v) is 1.32. The highest BCUT2D eigenvalue weighted by atomic mass is 16.1. The van der Waals surface area contributed by atoms with Crippen LogP contribution in [0.2, 0.25) is 0 Å². The number of hydrogen-bond donors (Lipinski definition) is 0. The first-order valence-corrected chi connectivity index (χ1v) is 6.97. The molecule has 0 aromatic heterocycles. The Morgan fingerprint density at radius 1 is 1.12 bits per heavy atom. The Morgan fingerprint density at radius 3 is 2.06 bits per heavy atom. The molecule has 0 saturated carbocycles. The second-order valence-corrected chi connectivity index (χ2v) is 5.00. The molecule has 0 rings (SSSR count). The number of carbonyl (C=O) groups excluding carboxylic acids is 2. The molecule has 0 heterocycles. The predicted octanol–water partition coefficient (Wildman–Crippen LogP) is 4.56. The van der Waals surface area contributed by atoms with Crippen LogP contribution in [0.5, 0.6) is 0 Å². The minimum Gasteiger partial charge on any atom is -0.303 e. The summed E-state index contributed by atoms with van der Waals surface area (Å²) in [6, 6.07) is 0. The molecule has 0 aliphatic carbocycles. The Labute approximate surface area is 107 Å². The molecule has 0 aliphatic rings. The maximum atomic E-state index is 10.3. The second-order valence-electron chi connectivity index (χ2n) is 5.00. The van der Waals surface area contributed by atoms with Crippen LogP contribution >= 0.6 is 0 Å². The van der Waals surface area contributed by atoms with Crippen molar-refractivity contribution in [3.05, 3.63) is 0 Å². The van der Waals surface area contributed by atoms with Gasteiger partial charge in [-0.1, -0.05) is 46.5 Å². The third-order valence-electron chi connectivity index (χ3n) is 2.50. The fraction of sp³-hybridized carbons (Fsp3) is 0.867. The minimum absolute atomic E-state index is 0.304. The molecule has 0 saturated heterocycles. The van der Waals surface area contributed by atoms with E-state index in [1.807, 2.05) is 0 Å². The first kappa shape index (κ1) is 18.7. The third kappa shape index (κ3) is 25.5. The summed E-state index contributed by atoms with van der Waals surface area (Å²) in [6.07, 6.45) is 9.75. The molecule has 0 bridgehead atoms. The summed E-state index contributed by atoms with van der Waals surface area (Å²) in [6.45, 7) is 8.09. The van der Waals surface area contributed by atoms with Crippen LogP contribution in [0.1, 0.15) is 79.1 Å². The number of unbranched alkanes of at least 4 members (excludes halogenated alkanes) is 5. The van der Waals surface area contributed by atoms with Gasteiger partial charge in [0.25, 0.3) is 0 Å². The Hall–Kier alpha value is -0.660. The molecule has 17 heavy (non-hydrogen) atoms. The average Bonchev–Trinajstić information content (AvgIpc) is 2.27. The van der Waals surface area contributed by atoms with Gasteiger partial charge < -0.3 is 9.59 Å². The van der Waals surface area contributed by atoms with E-state index in [2.05, 4.69) is 20.8 Å². The normalized spacial score (nSPS) is 9.71. The minimum atomic E-state index is 0.304. The predicted molar refractivity (Wildman–Crippen MR) is 74.2 cm³/mol. The first-order chi connectivity index (χ1) is 8.04. The molecule has 2 nitrogen and oxygen atoms in total. The molecule has 0 aromatic rings. The molecule has 0 N–H and O–H groups in total. The molecule has 2 heteroatoms. The van der Waals surface area contributed by atoms with E-state index < -0.39 is 0 Å². The third-order valence-corrected chi connectivity index (χ3v) is 2.50. The molecule has 0 fully saturated rings. The lowest BCUT2D eigenvalue weighted by Gasteiger charge is -1.98. The van der Waals surface area contributed by atoms with Crippen molar-refractivity contribution < 1.29 is 9.59 Å². The average molecular weight is 242 g/mol. The maximum Gasteiger partial charge on any atom is 0.129 e. The van der Waals surface area contributed by atoms with E-state index in [1.54, 1.807) is 6.92 Å². The maximum absolute atomic E-state index is 10.3. The number of Topliss-reactive ketones (excluding diaryl/α,β-unsaturated/α-hetero) is 1.